The van der Waals surface area contributed by atoms with Gasteiger partial charge in [0.25, 0.3) is 11.6 Å². The second-order valence-corrected chi connectivity index (χ2v) is 10.7. The molecule has 0 bridgehead atoms. The first kappa shape index (κ1) is 27.6. The monoisotopic (exact) mass is 610 g/mol. The summed E-state index contributed by atoms with van der Waals surface area (Å²) in [6.45, 7) is 6.55. The van der Waals surface area contributed by atoms with Crippen molar-refractivity contribution >= 4 is 67.6 Å². The molecule has 1 saturated heterocycles. The van der Waals surface area contributed by atoms with Crippen LogP contribution in [0.4, 0.5) is 11.4 Å². The fraction of sp³-hybridized carbons (Fsp3) is 0.143. The van der Waals surface area contributed by atoms with Gasteiger partial charge in [0.15, 0.2) is 15.8 Å². The van der Waals surface area contributed by atoms with Gasteiger partial charge in [-0.1, -0.05) is 64.2 Å². The minimum atomic E-state index is -0.506. The summed E-state index contributed by atoms with van der Waals surface area (Å²) in [5, 5.41) is 11.2. The molecule has 0 N–H and O–H groups in total. The van der Waals surface area contributed by atoms with E-state index in [1.165, 1.54) is 23.1 Å². The van der Waals surface area contributed by atoms with Crippen LogP contribution >= 0.6 is 39.9 Å². The van der Waals surface area contributed by atoms with E-state index in [0.717, 1.165) is 32.9 Å². The number of nitrogens with zero attached hydrogens (tertiary/aromatic N) is 2. The molecule has 1 aliphatic rings. The Morgan fingerprint density at radius 2 is 1.92 bits per heavy atom. The predicted molar refractivity (Wildman–Crippen MR) is 159 cm³/mol. The zero-order valence-electron chi connectivity index (χ0n) is 20.4. The highest BCUT2D eigenvalue weighted by Gasteiger charge is 2.34. The Bertz CT molecular complexity index is 1440. The molecule has 0 unspecified atom stereocenters. The molecule has 0 aliphatic carbocycles. The van der Waals surface area contributed by atoms with Gasteiger partial charge in [-0.15, -0.1) is 6.58 Å². The van der Waals surface area contributed by atoms with Crippen LogP contribution in [0, 0.1) is 10.1 Å². The van der Waals surface area contributed by atoms with Crippen LogP contribution in [0.5, 0.6) is 11.5 Å². The Labute approximate surface area is 238 Å². The Morgan fingerprint density at radius 1 is 1.16 bits per heavy atom. The van der Waals surface area contributed by atoms with Gasteiger partial charge in [0.2, 0.25) is 0 Å². The second kappa shape index (κ2) is 12.4. The normalized spacial score (nSPS) is 14.2. The number of thiocarbonyl (C=S) groups is 1. The maximum absolute atomic E-state index is 13.3. The Hall–Kier alpha value is -3.47. The van der Waals surface area contributed by atoms with E-state index in [2.05, 4.69) is 22.5 Å². The van der Waals surface area contributed by atoms with Crippen molar-refractivity contribution in [2.75, 3.05) is 11.5 Å². The number of anilines is 1. The van der Waals surface area contributed by atoms with Crippen LogP contribution in [-0.2, 0) is 17.8 Å². The van der Waals surface area contributed by atoms with Gasteiger partial charge in [-0.05, 0) is 60.9 Å². The van der Waals surface area contributed by atoms with Crippen molar-refractivity contribution in [2.45, 2.75) is 20.0 Å². The average Bonchev–Trinajstić information content (AvgIpc) is 3.17. The molecule has 3 aromatic carbocycles. The molecular weight excluding hydrogens is 588 g/mol. The van der Waals surface area contributed by atoms with Gasteiger partial charge < -0.3 is 9.47 Å². The largest absolute Gasteiger partial charge is 0.490 e. The van der Waals surface area contributed by atoms with E-state index in [-0.39, 0.29) is 11.6 Å². The van der Waals surface area contributed by atoms with Crippen LogP contribution in [-0.4, -0.2) is 21.8 Å². The molecule has 10 heteroatoms. The second-order valence-electron chi connectivity index (χ2n) is 8.14. The van der Waals surface area contributed by atoms with Crippen molar-refractivity contribution in [3.8, 4) is 11.5 Å². The number of rotatable bonds is 10. The number of benzene rings is 3. The van der Waals surface area contributed by atoms with Gasteiger partial charge in [0.1, 0.15) is 6.61 Å². The first-order valence-corrected chi connectivity index (χ1v) is 13.6. The summed E-state index contributed by atoms with van der Waals surface area (Å²) in [5.74, 6) is 0.833. The molecule has 38 heavy (non-hydrogen) atoms. The SMILES string of the molecule is C=CCc1cc(/C=C2/SC(=S)N(c3cccc([N+](=O)[O-])c3)C2=O)cc(OCC)c1OCc1ccc(Br)cc1. The third-order valence-electron chi connectivity index (χ3n) is 5.50. The lowest BCUT2D eigenvalue weighted by Gasteiger charge is -2.17. The highest BCUT2D eigenvalue weighted by molar-refractivity contribution is 9.10. The third kappa shape index (κ3) is 6.32. The predicted octanol–water partition coefficient (Wildman–Crippen LogP) is 7.47. The number of nitro benzene ring substituents is 1. The smallest absolute Gasteiger partial charge is 0.271 e. The number of thioether (sulfide) groups is 1. The average molecular weight is 612 g/mol. The first-order chi connectivity index (χ1) is 18.3. The molecule has 0 saturated carbocycles. The molecule has 7 nitrogen and oxygen atoms in total. The molecule has 0 aromatic heterocycles. The Morgan fingerprint density at radius 3 is 2.61 bits per heavy atom. The van der Waals surface area contributed by atoms with Crippen molar-refractivity contribution < 1.29 is 19.2 Å². The fourth-order valence-corrected chi connectivity index (χ4v) is 5.39. The summed E-state index contributed by atoms with van der Waals surface area (Å²) in [4.78, 5) is 25.7. The molecule has 0 radical (unpaired) electrons. The molecule has 0 atom stereocenters. The standard InChI is InChI=1S/C28H23BrN2O5S2/c1-3-6-20-13-19(14-24(35-4-2)26(20)36-17-18-9-11-21(29)12-10-18)15-25-27(32)30(28(37)38-25)22-7-5-8-23(16-22)31(33)34/h3,5,7-16H,1,4,6,17H2,2H3/b25-15+. The van der Waals surface area contributed by atoms with Crippen molar-refractivity contribution in [3.05, 3.63) is 110 Å². The van der Waals surface area contributed by atoms with E-state index in [9.17, 15) is 14.9 Å². The summed E-state index contributed by atoms with van der Waals surface area (Å²) in [6, 6.07) is 17.5. The Kier molecular flexibility index (Phi) is 8.98. The minimum absolute atomic E-state index is 0.116. The van der Waals surface area contributed by atoms with Crippen molar-refractivity contribution in [1.82, 2.24) is 0 Å². The van der Waals surface area contributed by atoms with Crippen LogP contribution in [0.15, 0.2) is 82.7 Å². The van der Waals surface area contributed by atoms with Gasteiger partial charge >= 0.3 is 0 Å². The van der Waals surface area contributed by atoms with Crippen LogP contribution in [0.2, 0.25) is 0 Å². The molecule has 4 rings (SSSR count). The summed E-state index contributed by atoms with van der Waals surface area (Å²) in [6.07, 6.45) is 4.06. The van der Waals surface area contributed by atoms with Gasteiger partial charge in [-0.3, -0.25) is 19.8 Å². The van der Waals surface area contributed by atoms with E-state index < -0.39 is 4.92 Å². The lowest BCUT2D eigenvalue weighted by Crippen LogP contribution is -2.27. The highest BCUT2D eigenvalue weighted by atomic mass is 79.9. The summed E-state index contributed by atoms with van der Waals surface area (Å²) in [5.41, 5.74) is 2.84. The summed E-state index contributed by atoms with van der Waals surface area (Å²) < 4.78 is 13.4. The van der Waals surface area contributed by atoms with E-state index in [1.807, 2.05) is 43.3 Å². The molecule has 1 amide bonds. The number of carbonyl (C=O) groups excluding carboxylic acids is 1. The topological polar surface area (TPSA) is 81.9 Å². The van der Waals surface area contributed by atoms with Crippen LogP contribution < -0.4 is 14.4 Å². The number of carbonyl (C=O) groups is 1. The molecular formula is C28H23BrN2O5S2. The minimum Gasteiger partial charge on any atom is -0.490 e. The lowest BCUT2D eigenvalue weighted by atomic mass is 10.0. The number of nitro groups is 1. The maximum atomic E-state index is 13.3. The van der Waals surface area contributed by atoms with E-state index in [0.29, 0.717) is 46.0 Å². The number of allylic oxidation sites excluding steroid dienone is 1. The zero-order valence-corrected chi connectivity index (χ0v) is 23.6. The van der Waals surface area contributed by atoms with Crippen molar-refractivity contribution in [2.24, 2.45) is 0 Å². The highest BCUT2D eigenvalue weighted by Crippen LogP contribution is 2.39. The van der Waals surface area contributed by atoms with E-state index in [1.54, 1.807) is 18.2 Å². The molecule has 1 fully saturated rings. The van der Waals surface area contributed by atoms with E-state index in [4.69, 9.17) is 21.7 Å². The van der Waals surface area contributed by atoms with E-state index >= 15 is 0 Å². The number of amides is 1. The van der Waals surface area contributed by atoms with Crippen LogP contribution in [0.25, 0.3) is 6.08 Å². The number of hydrogen-bond donors (Lipinski definition) is 0. The molecule has 3 aromatic rings. The van der Waals surface area contributed by atoms with Gasteiger partial charge in [0, 0.05) is 22.2 Å². The van der Waals surface area contributed by atoms with Crippen LogP contribution in [0.1, 0.15) is 23.6 Å². The molecule has 0 spiro atoms. The fourth-order valence-electron chi connectivity index (χ4n) is 3.82. The van der Waals surface area contributed by atoms with Crippen molar-refractivity contribution in [3.63, 3.8) is 0 Å². The summed E-state index contributed by atoms with van der Waals surface area (Å²) >= 11 is 10.0. The molecule has 1 heterocycles. The quantitative estimate of drug-likeness (QED) is 0.0774. The lowest BCUT2D eigenvalue weighted by molar-refractivity contribution is -0.384. The number of non-ortho nitro benzene ring substituents is 1. The Balaban J connectivity index is 1.66. The molecule has 194 valence electrons. The van der Waals surface area contributed by atoms with Crippen LogP contribution in [0.3, 0.4) is 0 Å². The first-order valence-electron chi connectivity index (χ1n) is 11.6. The van der Waals surface area contributed by atoms with Gasteiger partial charge in [-0.25, -0.2) is 0 Å². The third-order valence-corrected chi connectivity index (χ3v) is 7.34. The van der Waals surface area contributed by atoms with Crippen molar-refractivity contribution in [1.29, 1.82) is 0 Å². The maximum Gasteiger partial charge on any atom is 0.271 e. The number of halogens is 1. The summed E-state index contributed by atoms with van der Waals surface area (Å²) in [7, 11) is 0. The zero-order chi connectivity index (χ0) is 27.2. The van der Waals surface area contributed by atoms with Gasteiger partial charge in [-0.2, -0.15) is 0 Å². The number of ether oxygens (including phenoxy) is 2. The number of hydrogen-bond acceptors (Lipinski definition) is 7. The molecule has 1 aliphatic heterocycles. The van der Waals surface area contributed by atoms with Gasteiger partial charge in [0.05, 0.1) is 22.1 Å².